The molecule has 0 aliphatic rings. The highest BCUT2D eigenvalue weighted by Gasteiger charge is 2.37. The van der Waals surface area contributed by atoms with Crippen molar-refractivity contribution in [2.24, 2.45) is 0 Å². The first-order valence-corrected chi connectivity index (χ1v) is 5.82. The number of carbonyl (C=O) groups excluding carboxylic acids is 1. The SMILES string of the molecule is C=CC(NC(=O)C(Cl)(Cl)Cl)/C([N+]#N)=C(\O)OCC. The highest BCUT2D eigenvalue weighted by atomic mass is 35.6. The number of hydrogen-bond acceptors (Lipinski definition) is 4. The average molecular weight is 316 g/mol. The lowest BCUT2D eigenvalue weighted by atomic mass is 10.2. The minimum Gasteiger partial charge on any atom is -0.475 e. The van der Waals surface area contributed by atoms with E-state index in [9.17, 15) is 9.90 Å². The van der Waals surface area contributed by atoms with Gasteiger partial charge in [-0.15, -0.1) is 6.58 Å². The van der Waals surface area contributed by atoms with Gasteiger partial charge in [0.25, 0.3) is 9.70 Å². The molecule has 0 bridgehead atoms. The zero-order chi connectivity index (χ0) is 14.3. The lowest BCUT2D eigenvalue weighted by molar-refractivity contribution is -0.120. The molecule has 0 heterocycles. The van der Waals surface area contributed by atoms with Gasteiger partial charge in [-0.05, 0) is 6.92 Å². The van der Waals surface area contributed by atoms with E-state index < -0.39 is 21.7 Å². The van der Waals surface area contributed by atoms with Crippen molar-refractivity contribution in [3.8, 4) is 0 Å². The zero-order valence-electron chi connectivity index (χ0n) is 9.36. The third-order valence-electron chi connectivity index (χ3n) is 1.68. The molecule has 1 unspecified atom stereocenters. The Morgan fingerprint density at radius 1 is 1.67 bits per heavy atom. The van der Waals surface area contributed by atoms with E-state index in [0.29, 0.717) is 0 Å². The molecule has 0 spiro atoms. The molecular formula is C9H11Cl3N3O3+. The van der Waals surface area contributed by atoms with Gasteiger partial charge in [0.15, 0.2) is 11.0 Å². The molecule has 100 valence electrons. The summed E-state index contributed by atoms with van der Waals surface area (Å²) in [5.74, 6) is -1.64. The number of ether oxygens (including phenoxy) is 1. The van der Waals surface area contributed by atoms with E-state index in [-0.39, 0.29) is 12.3 Å². The van der Waals surface area contributed by atoms with E-state index in [1.165, 1.54) is 6.08 Å². The van der Waals surface area contributed by atoms with Gasteiger partial charge in [-0.25, -0.2) is 0 Å². The van der Waals surface area contributed by atoms with Crippen LogP contribution in [0.5, 0.6) is 0 Å². The fourth-order valence-electron chi connectivity index (χ4n) is 0.911. The number of nitrogens with one attached hydrogen (secondary N) is 1. The average Bonchev–Trinajstić information content (AvgIpc) is 2.27. The van der Waals surface area contributed by atoms with Crippen LogP contribution in [0.2, 0.25) is 0 Å². The van der Waals surface area contributed by atoms with Gasteiger partial charge in [0.1, 0.15) is 0 Å². The number of hydrogen-bond donors (Lipinski definition) is 2. The van der Waals surface area contributed by atoms with Crippen LogP contribution in [-0.4, -0.2) is 27.5 Å². The standard InChI is InChI=1S/C9H10Cl3N3O3/c1-3-5(14-8(17)9(10,11)12)6(15-13)7(16)18-4-2/h3,5H,1,4H2,2H3,(H-,14,16,17)/p+1/b7-6-. The second-order valence-corrected chi connectivity index (χ2v) is 5.19. The van der Waals surface area contributed by atoms with Crippen LogP contribution in [0.25, 0.3) is 4.98 Å². The predicted octanol–water partition coefficient (Wildman–Crippen LogP) is 2.64. The summed E-state index contributed by atoms with van der Waals surface area (Å²) in [5, 5.41) is 20.4. The molecule has 6 nitrogen and oxygen atoms in total. The Morgan fingerprint density at radius 2 is 2.22 bits per heavy atom. The normalized spacial score (nSPS) is 13.9. The van der Waals surface area contributed by atoms with Crippen molar-refractivity contribution in [3.05, 3.63) is 29.3 Å². The summed E-state index contributed by atoms with van der Waals surface area (Å²) < 4.78 is 2.54. The Bertz CT molecular complexity index is 398. The Kier molecular flexibility index (Phi) is 6.84. The molecule has 0 saturated heterocycles. The first-order chi connectivity index (χ1) is 8.27. The van der Waals surface area contributed by atoms with Gasteiger partial charge in [0, 0.05) is 0 Å². The van der Waals surface area contributed by atoms with Crippen LogP contribution in [0, 0.1) is 5.39 Å². The summed E-state index contributed by atoms with van der Waals surface area (Å²) in [6.45, 7) is 5.13. The number of nitrogens with zero attached hydrogens (tertiary/aromatic N) is 2. The first-order valence-electron chi connectivity index (χ1n) is 4.69. The second kappa shape index (κ2) is 7.31. The summed E-state index contributed by atoms with van der Waals surface area (Å²) in [7, 11) is 0. The van der Waals surface area contributed by atoms with Crippen LogP contribution in [0.3, 0.4) is 0 Å². The van der Waals surface area contributed by atoms with Crippen molar-refractivity contribution >= 4 is 40.7 Å². The topological polar surface area (TPSA) is 86.7 Å². The highest BCUT2D eigenvalue weighted by Crippen LogP contribution is 2.26. The van der Waals surface area contributed by atoms with Gasteiger partial charge in [0.2, 0.25) is 5.39 Å². The van der Waals surface area contributed by atoms with Gasteiger partial charge >= 0.3 is 11.6 Å². The molecule has 1 amide bonds. The zero-order valence-corrected chi connectivity index (χ0v) is 11.6. The number of aliphatic hydroxyl groups is 1. The molecule has 1 atom stereocenters. The first kappa shape index (κ1) is 16.8. The van der Waals surface area contributed by atoms with Crippen LogP contribution >= 0.6 is 34.8 Å². The molecule has 0 aromatic carbocycles. The van der Waals surface area contributed by atoms with E-state index in [2.05, 4.69) is 16.9 Å². The largest absolute Gasteiger partial charge is 0.475 e. The maximum absolute atomic E-state index is 11.4. The maximum Gasteiger partial charge on any atom is 0.466 e. The van der Waals surface area contributed by atoms with Crippen LogP contribution in [0.4, 0.5) is 0 Å². The van der Waals surface area contributed by atoms with E-state index in [1.54, 1.807) is 6.92 Å². The van der Waals surface area contributed by atoms with Gasteiger partial charge in [0.05, 0.1) is 6.61 Å². The molecule has 0 aromatic heterocycles. The lowest BCUT2D eigenvalue weighted by Crippen LogP contribution is -2.41. The fraction of sp³-hybridized carbons (Fsp3) is 0.444. The van der Waals surface area contributed by atoms with Crippen molar-refractivity contribution in [1.82, 2.24) is 5.32 Å². The van der Waals surface area contributed by atoms with E-state index in [1.807, 2.05) is 0 Å². The molecule has 0 aliphatic heterocycles. The minimum atomic E-state index is -2.19. The van der Waals surface area contributed by atoms with Crippen molar-refractivity contribution in [3.63, 3.8) is 0 Å². The molecular weight excluding hydrogens is 304 g/mol. The Morgan fingerprint density at radius 3 is 2.56 bits per heavy atom. The fourth-order valence-corrected chi connectivity index (χ4v) is 1.07. The summed E-state index contributed by atoms with van der Waals surface area (Å²) in [6.07, 6.45) is 1.17. The van der Waals surface area contributed by atoms with Crippen molar-refractivity contribution in [1.29, 1.82) is 5.39 Å². The number of amides is 1. The molecule has 0 aromatic rings. The van der Waals surface area contributed by atoms with Crippen molar-refractivity contribution < 1.29 is 14.6 Å². The highest BCUT2D eigenvalue weighted by molar-refractivity contribution is 6.76. The minimum absolute atomic E-state index is 0.132. The second-order valence-electron chi connectivity index (χ2n) is 2.91. The Hall–Kier alpha value is -1.16. The van der Waals surface area contributed by atoms with E-state index >= 15 is 0 Å². The summed E-state index contributed by atoms with van der Waals surface area (Å²) in [6, 6.07) is -1.08. The van der Waals surface area contributed by atoms with Crippen LogP contribution < -0.4 is 5.32 Å². The molecule has 0 aliphatic carbocycles. The predicted molar refractivity (Wildman–Crippen MR) is 68.8 cm³/mol. The van der Waals surface area contributed by atoms with Crippen molar-refractivity contribution in [2.45, 2.75) is 16.8 Å². The smallest absolute Gasteiger partial charge is 0.466 e. The third kappa shape index (κ3) is 5.00. The summed E-state index contributed by atoms with van der Waals surface area (Å²) in [4.78, 5) is 14.2. The Labute approximate surface area is 119 Å². The molecule has 0 fully saturated rings. The number of aliphatic hydroxyl groups excluding tert-OH is 1. The number of carbonyl (C=O) groups is 1. The monoisotopic (exact) mass is 314 g/mol. The number of alkyl halides is 3. The third-order valence-corrected chi connectivity index (χ3v) is 2.20. The van der Waals surface area contributed by atoms with Gasteiger partial charge in [-0.1, -0.05) is 40.9 Å². The summed E-state index contributed by atoms with van der Waals surface area (Å²) >= 11 is 16.1. The number of halogens is 3. The van der Waals surface area contributed by atoms with Gasteiger partial charge < -0.3 is 15.2 Å². The summed E-state index contributed by atoms with van der Waals surface area (Å²) in [5.41, 5.74) is -0.366. The van der Waals surface area contributed by atoms with Gasteiger partial charge in [-0.2, -0.15) is 0 Å². The van der Waals surface area contributed by atoms with Gasteiger partial charge in [-0.3, -0.25) is 4.79 Å². The Balaban J connectivity index is 5.10. The van der Waals surface area contributed by atoms with E-state index in [4.69, 9.17) is 44.9 Å². The van der Waals surface area contributed by atoms with E-state index in [0.717, 1.165) is 0 Å². The molecule has 2 N–H and O–H groups in total. The molecule has 18 heavy (non-hydrogen) atoms. The lowest BCUT2D eigenvalue weighted by Gasteiger charge is -2.13. The number of diazo groups is 1. The van der Waals surface area contributed by atoms with Crippen LogP contribution in [0.1, 0.15) is 6.92 Å². The molecule has 0 radical (unpaired) electrons. The molecule has 9 heteroatoms. The molecule has 0 saturated carbocycles. The maximum atomic E-state index is 11.4. The van der Waals surface area contributed by atoms with Crippen LogP contribution in [-0.2, 0) is 9.53 Å². The quantitative estimate of drug-likeness (QED) is 0.353. The van der Waals surface area contributed by atoms with Crippen molar-refractivity contribution in [2.75, 3.05) is 6.61 Å². The van der Waals surface area contributed by atoms with Crippen LogP contribution in [0.15, 0.2) is 24.3 Å². The molecule has 0 rings (SSSR count). The number of rotatable bonds is 5.